The predicted octanol–water partition coefficient (Wildman–Crippen LogP) is 0.643. The molecule has 0 heterocycles. The summed E-state index contributed by atoms with van der Waals surface area (Å²) in [4.78, 5) is 12.8. The molecule has 0 unspecified atom stereocenters. The molecule has 0 aromatic heterocycles. The minimum absolute atomic E-state index is 0. The van der Waals surface area contributed by atoms with Gasteiger partial charge in [0.15, 0.2) is 4.90 Å². The first kappa shape index (κ1) is 17.4. The van der Waals surface area contributed by atoms with Crippen LogP contribution in [0.5, 0.6) is 5.75 Å². The Hall–Kier alpha value is -1.65. The first-order chi connectivity index (χ1) is 9.65. The number of ether oxygens (including phenoxy) is 2. The van der Waals surface area contributed by atoms with E-state index in [0.717, 1.165) is 5.56 Å². The molecule has 0 bridgehead atoms. The van der Waals surface area contributed by atoms with Crippen molar-refractivity contribution in [1.82, 2.24) is 0 Å². The lowest BCUT2D eigenvalue weighted by molar-refractivity contribution is -0.0000148. The number of hydrogen-bond acceptors (Lipinski definition) is 3. The van der Waals surface area contributed by atoms with Gasteiger partial charge in [-0.3, -0.25) is 0 Å². The molecule has 3 nitrogen and oxygen atoms in total. The van der Waals surface area contributed by atoms with Gasteiger partial charge in [0, 0.05) is 10.9 Å². The van der Waals surface area contributed by atoms with Crippen molar-refractivity contribution in [3.8, 4) is 5.75 Å². The molecule has 21 heavy (non-hydrogen) atoms. The average Bonchev–Trinajstić information content (AvgIpc) is 2.47. The van der Waals surface area contributed by atoms with E-state index in [1.54, 1.807) is 12.1 Å². The Morgan fingerprint density at radius 1 is 1.00 bits per heavy atom. The first-order valence-electron chi connectivity index (χ1n) is 6.21. The smallest absolute Gasteiger partial charge is 0.514 e. The van der Waals surface area contributed by atoms with Crippen LogP contribution in [-0.2, 0) is 22.2 Å². The number of rotatable bonds is 4. The Kier molecular flexibility index (Phi) is 7.12. The maximum Gasteiger partial charge on any atom is 0.514 e. The highest BCUT2D eigenvalue weighted by Gasteiger charge is 2.10. The molecule has 2 aromatic carbocycles. The van der Waals surface area contributed by atoms with Crippen molar-refractivity contribution < 1.29 is 26.7 Å². The van der Waals surface area contributed by atoms with Crippen molar-refractivity contribution in [3.63, 3.8) is 0 Å². The highest BCUT2D eigenvalue weighted by molar-refractivity contribution is 7.95. The summed E-state index contributed by atoms with van der Waals surface area (Å²) in [6.45, 7) is 0.213. The fourth-order valence-electron chi connectivity index (χ4n) is 1.62. The molecule has 0 fully saturated rings. The van der Waals surface area contributed by atoms with E-state index < -0.39 is 6.16 Å². The predicted molar refractivity (Wildman–Crippen MR) is 81.2 cm³/mol. The minimum atomic E-state index is -0.686. The summed E-state index contributed by atoms with van der Waals surface area (Å²) < 4.78 is 10.2. The van der Waals surface area contributed by atoms with Gasteiger partial charge >= 0.3 is 6.16 Å². The van der Waals surface area contributed by atoms with Gasteiger partial charge < -0.3 is 21.9 Å². The summed E-state index contributed by atoms with van der Waals surface area (Å²) in [5.74, 6) is 0.497. The van der Waals surface area contributed by atoms with Crippen LogP contribution in [0.2, 0.25) is 0 Å². The highest BCUT2D eigenvalue weighted by Crippen LogP contribution is 2.16. The standard InChI is InChI=1S/C16H17O3S.ClH/c1-20(2)15-10-8-14(9-11-15)19-16(17)18-12-13-6-4-3-5-7-13;/h3-11H,12H2,1-2H3;1H/q+1;/p-1. The molecule has 0 atom stereocenters. The number of hydrogen-bond donors (Lipinski definition) is 0. The lowest BCUT2D eigenvalue weighted by Gasteiger charge is -2.06. The number of carbonyl (C=O) groups excluding carboxylic acids is 1. The SMILES string of the molecule is C[S+](C)c1ccc(OC(=O)OCc2ccccc2)cc1.[Cl-]. The summed E-state index contributed by atoms with van der Waals surface area (Å²) in [7, 11) is 0.200. The number of benzene rings is 2. The molecule has 2 rings (SSSR count). The Morgan fingerprint density at radius 3 is 2.19 bits per heavy atom. The maximum absolute atomic E-state index is 11.6. The molecule has 0 spiro atoms. The largest absolute Gasteiger partial charge is 1.00 e. The summed E-state index contributed by atoms with van der Waals surface area (Å²) in [6.07, 6.45) is 3.60. The molecule has 0 aliphatic carbocycles. The summed E-state index contributed by atoms with van der Waals surface area (Å²) in [5.41, 5.74) is 0.931. The van der Waals surface area contributed by atoms with Crippen LogP contribution >= 0.6 is 0 Å². The normalized spacial score (nSPS) is 9.86. The zero-order valence-electron chi connectivity index (χ0n) is 11.9. The third-order valence-electron chi connectivity index (χ3n) is 2.70. The molecule has 0 amide bonds. The molecule has 0 radical (unpaired) electrons. The molecular weight excluding hydrogens is 308 g/mol. The van der Waals surface area contributed by atoms with Crippen LogP contribution in [0, 0.1) is 0 Å². The molecule has 0 aliphatic rings. The second kappa shape index (κ2) is 8.60. The van der Waals surface area contributed by atoms with Gasteiger partial charge in [0.05, 0.1) is 0 Å². The third kappa shape index (κ3) is 5.69. The van der Waals surface area contributed by atoms with E-state index in [1.807, 2.05) is 42.5 Å². The summed E-state index contributed by atoms with van der Waals surface area (Å²) in [5, 5.41) is 0. The van der Waals surface area contributed by atoms with Crippen LogP contribution in [0.1, 0.15) is 5.56 Å². The van der Waals surface area contributed by atoms with E-state index in [-0.39, 0.29) is 29.9 Å². The van der Waals surface area contributed by atoms with Gasteiger partial charge in [-0.05, 0) is 29.8 Å². The Morgan fingerprint density at radius 2 is 1.62 bits per heavy atom. The van der Waals surface area contributed by atoms with Crippen LogP contribution < -0.4 is 17.1 Å². The van der Waals surface area contributed by atoms with Crippen LogP contribution in [0.15, 0.2) is 59.5 Å². The van der Waals surface area contributed by atoms with Crippen LogP contribution in [0.25, 0.3) is 0 Å². The van der Waals surface area contributed by atoms with Gasteiger partial charge in [-0.2, -0.15) is 0 Å². The second-order valence-corrected chi connectivity index (χ2v) is 6.52. The Balaban J connectivity index is 0.00000220. The van der Waals surface area contributed by atoms with E-state index in [0.29, 0.717) is 5.75 Å². The lowest BCUT2D eigenvalue weighted by Crippen LogP contribution is -3.00. The molecule has 112 valence electrons. The molecule has 0 aliphatic heterocycles. The molecule has 0 N–H and O–H groups in total. The molecule has 0 saturated carbocycles. The zero-order chi connectivity index (χ0) is 14.4. The number of carbonyl (C=O) groups is 1. The van der Waals surface area contributed by atoms with Crippen LogP contribution in [0.3, 0.4) is 0 Å². The molecular formula is C16H17ClO3S. The number of halogens is 1. The average molecular weight is 325 g/mol. The second-order valence-electron chi connectivity index (χ2n) is 4.41. The van der Waals surface area contributed by atoms with Crippen LogP contribution in [0.4, 0.5) is 4.79 Å². The fourth-order valence-corrected chi connectivity index (χ4v) is 2.30. The fraction of sp³-hybridized carbons (Fsp3) is 0.188. The maximum atomic E-state index is 11.6. The Bertz CT molecular complexity index is 555. The van der Waals surface area contributed by atoms with Gasteiger partial charge in [-0.25, -0.2) is 4.79 Å². The van der Waals surface area contributed by atoms with Gasteiger partial charge in [0.2, 0.25) is 0 Å². The molecule has 2 aromatic rings. The lowest BCUT2D eigenvalue weighted by atomic mass is 10.2. The van der Waals surface area contributed by atoms with Gasteiger partial charge in [-0.15, -0.1) is 0 Å². The zero-order valence-corrected chi connectivity index (χ0v) is 13.5. The van der Waals surface area contributed by atoms with E-state index in [9.17, 15) is 4.79 Å². The van der Waals surface area contributed by atoms with Crippen molar-refractivity contribution in [2.75, 3.05) is 12.5 Å². The van der Waals surface area contributed by atoms with Gasteiger partial charge in [-0.1, -0.05) is 30.3 Å². The van der Waals surface area contributed by atoms with E-state index >= 15 is 0 Å². The minimum Gasteiger partial charge on any atom is -1.00 e. The summed E-state index contributed by atoms with van der Waals surface area (Å²) >= 11 is 0. The quantitative estimate of drug-likeness (QED) is 0.470. The van der Waals surface area contributed by atoms with E-state index in [1.165, 1.54) is 4.90 Å². The van der Waals surface area contributed by atoms with Gasteiger partial charge in [0.1, 0.15) is 24.9 Å². The van der Waals surface area contributed by atoms with Crippen molar-refractivity contribution in [1.29, 1.82) is 0 Å². The highest BCUT2D eigenvalue weighted by atomic mass is 35.5. The van der Waals surface area contributed by atoms with Crippen molar-refractivity contribution in [2.24, 2.45) is 0 Å². The van der Waals surface area contributed by atoms with E-state index in [4.69, 9.17) is 9.47 Å². The topological polar surface area (TPSA) is 35.5 Å². The van der Waals surface area contributed by atoms with Crippen molar-refractivity contribution >= 4 is 17.1 Å². The Labute approximate surface area is 134 Å². The monoisotopic (exact) mass is 324 g/mol. The van der Waals surface area contributed by atoms with E-state index in [2.05, 4.69) is 12.5 Å². The van der Waals surface area contributed by atoms with Crippen molar-refractivity contribution in [2.45, 2.75) is 11.5 Å². The molecule has 0 saturated heterocycles. The summed E-state index contributed by atoms with van der Waals surface area (Å²) in [6, 6.07) is 17.0. The van der Waals surface area contributed by atoms with Crippen LogP contribution in [-0.4, -0.2) is 18.7 Å². The van der Waals surface area contributed by atoms with Gasteiger partial charge in [0.25, 0.3) is 0 Å². The third-order valence-corrected chi connectivity index (χ3v) is 3.91. The first-order valence-corrected chi connectivity index (χ1v) is 8.25. The van der Waals surface area contributed by atoms with Crippen molar-refractivity contribution in [3.05, 3.63) is 60.2 Å². The molecule has 5 heteroatoms.